The van der Waals surface area contributed by atoms with Crippen LogP contribution in [0.2, 0.25) is 0 Å². The maximum atomic E-state index is 10.5. The van der Waals surface area contributed by atoms with Crippen LogP contribution in [-0.2, 0) is 9.53 Å². The number of rotatable bonds is 9. The second-order valence-corrected chi connectivity index (χ2v) is 9.06. The van der Waals surface area contributed by atoms with E-state index in [1.54, 1.807) is 17.8 Å². The first-order chi connectivity index (χ1) is 12.6. The molecule has 5 heteroatoms. The normalized spacial score (nSPS) is 33.4. The quantitative estimate of drug-likeness (QED) is 0.359. The summed E-state index contributed by atoms with van der Waals surface area (Å²) >= 11 is 1.78. The molecule has 0 aromatic carbocycles. The summed E-state index contributed by atoms with van der Waals surface area (Å²) in [5.41, 5.74) is 0. The van der Waals surface area contributed by atoms with Gasteiger partial charge in [0.15, 0.2) is 0 Å². The van der Waals surface area contributed by atoms with Gasteiger partial charge in [-0.05, 0) is 49.7 Å². The number of aliphatic hydroxyl groups excluding tert-OH is 1. The van der Waals surface area contributed by atoms with E-state index >= 15 is 0 Å². The van der Waals surface area contributed by atoms with Gasteiger partial charge in [0.2, 0.25) is 0 Å². The standard InChI is InChI=1S/C21H32O4S/c22-18(15-5-2-1-3-6-15)9-8-16-17(20-11-10-19(16)25-20)12-14-26-13-4-7-21(23)24/h4,7-9,15-20,22H,1-3,5-6,10-14H2,(H,23,24)/t16-,17+,18?,19-,20+/m0/s1. The number of fused-ring (bicyclic) bond motifs is 2. The van der Waals surface area contributed by atoms with E-state index in [9.17, 15) is 9.90 Å². The number of carboxylic acids is 1. The Morgan fingerprint density at radius 3 is 2.69 bits per heavy atom. The van der Waals surface area contributed by atoms with Gasteiger partial charge >= 0.3 is 5.97 Å². The molecule has 1 unspecified atom stereocenters. The van der Waals surface area contributed by atoms with Gasteiger partial charge in [-0.2, -0.15) is 11.8 Å². The van der Waals surface area contributed by atoms with E-state index in [1.807, 2.05) is 0 Å². The lowest BCUT2D eigenvalue weighted by Crippen LogP contribution is -2.27. The number of ether oxygens (including phenoxy) is 1. The van der Waals surface area contributed by atoms with Crippen molar-refractivity contribution < 1.29 is 19.7 Å². The highest BCUT2D eigenvalue weighted by Crippen LogP contribution is 2.46. The molecule has 0 amide bonds. The van der Waals surface area contributed by atoms with Crippen molar-refractivity contribution in [2.75, 3.05) is 11.5 Å². The molecule has 0 radical (unpaired) electrons. The Morgan fingerprint density at radius 2 is 1.92 bits per heavy atom. The lowest BCUT2D eigenvalue weighted by molar-refractivity contribution is -0.131. The van der Waals surface area contributed by atoms with Gasteiger partial charge in [0.05, 0.1) is 18.3 Å². The Balaban J connectivity index is 1.47. The molecule has 4 nitrogen and oxygen atoms in total. The molecule has 1 saturated carbocycles. The summed E-state index contributed by atoms with van der Waals surface area (Å²) in [4.78, 5) is 10.5. The van der Waals surface area contributed by atoms with E-state index in [4.69, 9.17) is 9.84 Å². The summed E-state index contributed by atoms with van der Waals surface area (Å²) in [7, 11) is 0. The Kier molecular flexibility index (Phi) is 7.64. The summed E-state index contributed by atoms with van der Waals surface area (Å²) in [6.45, 7) is 0. The maximum absolute atomic E-state index is 10.5. The van der Waals surface area contributed by atoms with Crippen molar-refractivity contribution in [3.05, 3.63) is 24.3 Å². The van der Waals surface area contributed by atoms with Crippen molar-refractivity contribution in [1.82, 2.24) is 0 Å². The van der Waals surface area contributed by atoms with E-state index in [-0.39, 0.29) is 6.10 Å². The van der Waals surface area contributed by atoms with Gasteiger partial charge in [-0.25, -0.2) is 4.79 Å². The predicted molar refractivity (Wildman–Crippen MR) is 105 cm³/mol. The van der Waals surface area contributed by atoms with Crippen molar-refractivity contribution in [2.45, 2.75) is 69.7 Å². The number of hydrogen-bond acceptors (Lipinski definition) is 4. The Bertz CT molecular complexity index is 512. The molecule has 2 heterocycles. The fourth-order valence-electron chi connectivity index (χ4n) is 4.85. The highest BCUT2D eigenvalue weighted by molar-refractivity contribution is 7.99. The van der Waals surface area contributed by atoms with E-state index in [0.29, 0.717) is 30.0 Å². The molecule has 2 N–H and O–H groups in total. The highest BCUT2D eigenvalue weighted by Gasteiger charge is 2.47. The minimum atomic E-state index is -0.881. The molecule has 3 aliphatic rings. The van der Waals surface area contributed by atoms with Crippen molar-refractivity contribution in [2.24, 2.45) is 17.8 Å². The van der Waals surface area contributed by atoms with Crippen LogP contribution >= 0.6 is 11.8 Å². The number of hydrogen-bond donors (Lipinski definition) is 2. The molecule has 2 aliphatic heterocycles. The van der Waals surface area contributed by atoms with Crippen LogP contribution in [0.5, 0.6) is 0 Å². The van der Waals surface area contributed by atoms with Gasteiger partial charge in [-0.1, -0.05) is 37.5 Å². The highest BCUT2D eigenvalue weighted by atomic mass is 32.2. The lowest BCUT2D eigenvalue weighted by atomic mass is 9.77. The number of aliphatic hydroxyl groups is 1. The topological polar surface area (TPSA) is 66.8 Å². The SMILES string of the molecule is O=C(O)C=CCSCC[C@@H]1[C@H](C=CC(O)C2CCCCC2)[C@@H]2CC[C@H]1O2. The molecule has 146 valence electrons. The molecule has 0 aromatic rings. The molecule has 0 spiro atoms. The zero-order chi connectivity index (χ0) is 18.4. The van der Waals surface area contributed by atoms with Gasteiger partial charge in [0.1, 0.15) is 0 Å². The predicted octanol–water partition coefficient (Wildman–Crippen LogP) is 4.04. The number of carboxylic acid groups (broad SMARTS) is 1. The average Bonchev–Trinajstić information content (AvgIpc) is 3.24. The Hall–Kier alpha value is -0.780. The first-order valence-corrected chi connectivity index (χ1v) is 11.3. The molecule has 2 bridgehead atoms. The number of aliphatic carboxylic acids is 1. The van der Waals surface area contributed by atoms with Crippen LogP contribution in [0.1, 0.15) is 51.4 Å². The third-order valence-corrected chi connectivity index (χ3v) is 7.17. The Labute approximate surface area is 161 Å². The molecule has 0 aromatic heterocycles. The molecule has 3 fully saturated rings. The summed E-state index contributed by atoms with van der Waals surface area (Å²) in [6.07, 6.45) is 17.2. The second kappa shape index (κ2) is 9.95. The molecule has 5 atom stereocenters. The molecular formula is C21H32O4S. The van der Waals surface area contributed by atoms with Gasteiger partial charge in [-0.3, -0.25) is 0 Å². The first kappa shape index (κ1) is 20.0. The number of thioether (sulfide) groups is 1. The third-order valence-electron chi connectivity index (χ3n) is 6.22. The molecule has 3 rings (SSSR count). The summed E-state index contributed by atoms with van der Waals surface area (Å²) in [5, 5.41) is 19.1. The summed E-state index contributed by atoms with van der Waals surface area (Å²) in [5.74, 6) is 2.30. The largest absolute Gasteiger partial charge is 0.478 e. The van der Waals surface area contributed by atoms with Crippen LogP contribution in [0.4, 0.5) is 0 Å². The second-order valence-electron chi connectivity index (χ2n) is 7.91. The summed E-state index contributed by atoms with van der Waals surface area (Å²) in [6, 6.07) is 0. The molecule has 2 saturated heterocycles. The minimum Gasteiger partial charge on any atom is -0.478 e. The van der Waals surface area contributed by atoms with Gasteiger partial charge < -0.3 is 14.9 Å². The lowest BCUT2D eigenvalue weighted by Gasteiger charge is -2.27. The van der Waals surface area contributed by atoms with Gasteiger partial charge in [0.25, 0.3) is 0 Å². The van der Waals surface area contributed by atoms with Crippen molar-refractivity contribution in [1.29, 1.82) is 0 Å². The van der Waals surface area contributed by atoms with E-state index in [2.05, 4.69) is 12.2 Å². The fourth-order valence-corrected chi connectivity index (χ4v) is 5.69. The minimum absolute atomic E-state index is 0.300. The molecular weight excluding hydrogens is 348 g/mol. The Morgan fingerprint density at radius 1 is 1.15 bits per heavy atom. The van der Waals surface area contributed by atoms with E-state index in [1.165, 1.54) is 25.3 Å². The van der Waals surface area contributed by atoms with Crippen LogP contribution in [-0.4, -0.2) is 46.0 Å². The van der Waals surface area contributed by atoms with Crippen LogP contribution in [0.25, 0.3) is 0 Å². The number of carbonyl (C=O) groups is 1. The summed E-state index contributed by atoms with van der Waals surface area (Å²) < 4.78 is 6.15. The van der Waals surface area contributed by atoms with Crippen molar-refractivity contribution >= 4 is 17.7 Å². The zero-order valence-corrected chi connectivity index (χ0v) is 16.3. The van der Waals surface area contributed by atoms with Crippen LogP contribution in [0.15, 0.2) is 24.3 Å². The van der Waals surface area contributed by atoms with Crippen LogP contribution < -0.4 is 0 Å². The third kappa shape index (κ3) is 5.37. The van der Waals surface area contributed by atoms with E-state index in [0.717, 1.165) is 43.6 Å². The fraction of sp³-hybridized carbons (Fsp3) is 0.762. The molecule has 26 heavy (non-hydrogen) atoms. The monoisotopic (exact) mass is 380 g/mol. The van der Waals surface area contributed by atoms with Crippen LogP contribution in [0, 0.1) is 17.8 Å². The molecule has 1 aliphatic carbocycles. The maximum Gasteiger partial charge on any atom is 0.328 e. The van der Waals surface area contributed by atoms with Crippen molar-refractivity contribution in [3.63, 3.8) is 0 Å². The smallest absolute Gasteiger partial charge is 0.328 e. The first-order valence-electron chi connectivity index (χ1n) is 10.1. The van der Waals surface area contributed by atoms with Gasteiger partial charge in [-0.15, -0.1) is 0 Å². The van der Waals surface area contributed by atoms with E-state index < -0.39 is 5.97 Å². The average molecular weight is 381 g/mol. The zero-order valence-electron chi connectivity index (χ0n) is 15.5. The van der Waals surface area contributed by atoms with Crippen LogP contribution in [0.3, 0.4) is 0 Å². The van der Waals surface area contributed by atoms with Crippen molar-refractivity contribution in [3.8, 4) is 0 Å². The van der Waals surface area contributed by atoms with Gasteiger partial charge in [0, 0.05) is 17.7 Å².